The second-order valence-electron chi connectivity index (χ2n) is 3.70. The Hall–Kier alpha value is -0.130. The molecule has 0 radical (unpaired) electrons. The number of sulfone groups is 1. The monoisotopic (exact) mass is 224 g/mol. The van der Waals surface area contributed by atoms with Crippen molar-refractivity contribution in [2.75, 3.05) is 12.0 Å². The molecule has 2 unspecified atom stereocenters. The van der Waals surface area contributed by atoms with Gasteiger partial charge < -0.3 is 10.2 Å². The minimum absolute atomic E-state index is 0.0723. The van der Waals surface area contributed by atoms with E-state index in [1.807, 2.05) is 6.92 Å². The van der Waals surface area contributed by atoms with E-state index in [9.17, 15) is 18.6 Å². The summed E-state index contributed by atoms with van der Waals surface area (Å²) in [6.45, 7) is 1.92. The van der Waals surface area contributed by atoms with Crippen LogP contribution >= 0.6 is 0 Å². The Labute approximate surface area is 85.9 Å². The van der Waals surface area contributed by atoms with Gasteiger partial charge in [-0.05, 0) is 19.3 Å². The largest absolute Gasteiger partial charge is 0.390 e. The van der Waals surface area contributed by atoms with Crippen molar-refractivity contribution in [3.05, 3.63) is 0 Å². The molecule has 0 spiro atoms. The highest BCUT2D eigenvalue weighted by Gasteiger charge is 2.15. The molecule has 0 bridgehead atoms. The number of hydrogen-bond donors (Lipinski definition) is 2. The average Bonchev–Trinajstić information content (AvgIpc) is 2.02. The molecule has 5 heteroatoms. The van der Waals surface area contributed by atoms with Gasteiger partial charge in [0.1, 0.15) is 9.84 Å². The van der Waals surface area contributed by atoms with Gasteiger partial charge in [0.2, 0.25) is 0 Å². The summed E-state index contributed by atoms with van der Waals surface area (Å²) in [7, 11) is -2.95. The van der Waals surface area contributed by atoms with Crippen molar-refractivity contribution < 1.29 is 18.6 Å². The first-order valence-electron chi connectivity index (χ1n) is 4.90. The summed E-state index contributed by atoms with van der Waals surface area (Å²) in [5, 5.41) is 18.7. The molecule has 0 aromatic heterocycles. The molecule has 0 saturated heterocycles. The molecular formula is C9H20O4S. The van der Waals surface area contributed by atoms with Crippen LogP contribution in [0.15, 0.2) is 0 Å². The molecule has 0 aromatic rings. The van der Waals surface area contributed by atoms with E-state index in [0.717, 1.165) is 6.42 Å². The van der Waals surface area contributed by atoms with E-state index in [-0.39, 0.29) is 5.75 Å². The van der Waals surface area contributed by atoms with Gasteiger partial charge in [-0.3, -0.25) is 0 Å². The van der Waals surface area contributed by atoms with E-state index in [0.29, 0.717) is 19.3 Å². The van der Waals surface area contributed by atoms with Gasteiger partial charge in [0.05, 0.1) is 12.2 Å². The fourth-order valence-electron chi connectivity index (χ4n) is 1.24. The SMILES string of the molecule is CCCC(O)C(O)CCCS(C)(=O)=O. The Morgan fingerprint density at radius 2 is 1.64 bits per heavy atom. The van der Waals surface area contributed by atoms with E-state index in [4.69, 9.17) is 0 Å². The highest BCUT2D eigenvalue weighted by Crippen LogP contribution is 2.08. The van der Waals surface area contributed by atoms with Crippen LogP contribution in [-0.4, -0.2) is 42.8 Å². The predicted molar refractivity (Wildman–Crippen MR) is 55.9 cm³/mol. The predicted octanol–water partition coefficient (Wildman–Crippen LogP) is 0.333. The molecule has 4 nitrogen and oxygen atoms in total. The summed E-state index contributed by atoms with van der Waals surface area (Å²) < 4.78 is 21.5. The number of aliphatic hydroxyl groups is 2. The molecule has 0 saturated carbocycles. The zero-order valence-corrected chi connectivity index (χ0v) is 9.63. The number of rotatable bonds is 7. The third kappa shape index (κ3) is 7.29. The van der Waals surface area contributed by atoms with Crippen molar-refractivity contribution in [1.82, 2.24) is 0 Å². The zero-order valence-electron chi connectivity index (χ0n) is 8.81. The Kier molecular flexibility index (Phi) is 6.31. The van der Waals surface area contributed by atoms with E-state index >= 15 is 0 Å². The van der Waals surface area contributed by atoms with E-state index < -0.39 is 22.0 Å². The molecule has 0 aromatic carbocycles. The molecule has 0 heterocycles. The first-order chi connectivity index (χ1) is 6.37. The minimum Gasteiger partial charge on any atom is -0.390 e. The van der Waals surface area contributed by atoms with E-state index in [1.165, 1.54) is 6.26 Å². The molecule has 2 N–H and O–H groups in total. The normalized spacial score (nSPS) is 16.6. The quantitative estimate of drug-likeness (QED) is 0.653. The summed E-state index contributed by atoms with van der Waals surface area (Å²) in [6.07, 6.45) is 1.76. The van der Waals surface area contributed by atoms with E-state index in [2.05, 4.69) is 0 Å². The van der Waals surface area contributed by atoms with Gasteiger partial charge >= 0.3 is 0 Å². The Morgan fingerprint density at radius 1 is 1.14 bits per heavy atom. The molecule has 0 rings (SSSR count). The highest BCUT2D eigenvalue weighted by atomic mass is 32.2. The fourth-order valence-corrected chi connectivity index (χ4v) is 1.93. The lowest BCUT2D eigenvalue weighted by Gasteiger charge is -2.16. The fraction of sp³-hybridized carbons (Fsp3) is 1.00. The number of aliphatic hydroxyl groups excluding tert-OH is 2. The Morgan fingerprint density at radius 3 is 2.07 bits per heavy atom. The summed E-state index contributed by atoms with van der Waals surface area (Å²) in [5.41, 5.74) is 0. The highest BCUT2D eigenvalue weighted by molar-refractivity contribution is 7.90. The molecule has 0 fully saturated rings. The summed E-state index contributed by atoms with van der Waals surface area (Å²) in [6, 6.07) is 0. The smallest absolute Gasteiger partial charge is 0.147 e. The third-order valence-electron chi connectivity index (χ3n) is 2.04. The van der Waals surface area contributed by atoms with Gasteiger partial charge in [0.25, 0.3) is 0 Å². The van der Waals surface area contributed by atoms with Gasteiger partial charge in [-0.15, -0.1) is 0 Å². The summed E-state index contributed by atoms with van der Waals surface area (Å²) >= 11 is 0. The molecule has 0 amide bonds. The van der Waals surface area contributed by atoms with Crippen molar-refractivity contribution in [3.8, 4) is 0 Å². The van der Waals surface area contributed by atoms with E-state index in [1.54, 1.807) is 0 Å². The van der Waals surface area contributed by atoms with Crippen LogP contribution in [0.2, 0.25) is 0 Å². The second kappa shape index (κ2) is 6.37. The molecule has 14 heavy (non-hydrogen) atoms. The van der Waals surface area contributed by atoms with Gasteiger partial charge in [0, 0.05) is 12.0 Å². The van der Waals surface area contributed by atoms with Gasteiger partial charge in [-0.25, -0.2) is 8.42 Å². The molecule has 86 valence electrons. The first-order valence-corrected chi connectivity index (χ1v) is 6.96. The van der Waals surface area contributed by atoms with Crippen LogP contribution < -0.4 is 0 Å². The molecule has 0 aliphatic carbocycles. The zero-order chi connectivity index (χ0) is 11.2. The topological polar surface area (TPSA) is 74.6 Å². The van der Waals surface area contributed by atoms with Crippen LogP contribution in [0.5, 0.6) is 0 Å². The lowest BCUT2D eigenvalue weighted by Crippen LogP contribution is -2.26. The van der Waals surface area contributed by atoms with Crippen LogP contribution in [-0.2, 0) is 9.84 Å². The molecular weight excluding hydrogens is 204 g/mol. The van der Waals surface area contributed by atoms with Crippen LogP contribution in [0.3, 0.4) is 0 Å². The Balaban J connectivity index is 3.68. The lowest BCUT2D eigenvalue weighted by atomic mass is 10.1. The van der Waals surface area contributed by atoms with Crippen LogP contribution in [0, 0.1) is 0 Å². The lowest BCUT2D eigenvalue weighted by molar-refractivity contribution is 0.00934. The van der Waals surface area contributed by atoms with Crippen molar-refractivity contribution in [2.24, 2.45) is 0 Å². The maximum Gasteiger partial charge on any atom is 0.147 e. The van der Waals surface area contributed by atoms with Crippen LogP contribution in [0.25, 0.3) is 0 Å². The van der Waals surface area contributed by atoms with Gasteiger partial charge in [0.15, 0.2) is 0 Å². The summed E-state index contributed by atoms with van der Waals surface area (Å²) in [4.78, 5) is 0. The van der Waals surface area contributed by atoms with Crippen LogP contribution in [0.1, 0.15) is 32.6 Å². The van der Waals surface area contributed by atoms with Gasteiger partial charge in [-0.1, -0.05) is 13.3 Å². The molecule has 0 aliphatic heterocycles. The maximum atomic E-state index is 10.8. The third-order valence-corrected chi connectivity index (χ3v) is 3.07. The number of hydrogen-bond acceptors (Lipinski definition) is 4. The standard InChI is InChI=1S/C9H20O4S/c1-3-5-8(10)9(11)6-4-7-14(2,12)13/h8-11H,3-7H2,1-2H3. The summed E-state index contributed by atoms with van der Waals surface area (Å²) in [5.74, 6) is 0.0723. The van der Waals surface area contributed by atoms with Gasteiger partial charge in [-0.2, -0.15) is 0 Å². The van der Waals surface area contributed by atoms with Crippen molar-refractivity contribution in [3.63, 3.8) is 0 Å². The van der Waals surface area contributed by atoms with Crippen molar-refractivity contribution in [2.45, 2.75) is 44.8 Å². The minimum atomic E-state index is -2.95. The first kappa shape index (κ1) is 13.9. The van der Waals surface area contributed by atoms with Crippen molar-refractivity contribution in [1.29, 1.82) is 0 Å². The maximum absolute atomic E-state index is 10.8. The average molecular weight is 224 g/mol. The van der Waals surface area contributed by atoms with Crippen LogP contribution in [0.4, 0.5) is 0 Å². The molecule has 0 aliphatic rings. The molecule has 2 atom stereocenters. The van der Waals surface area contributed by atoms with Crippen molar-refractivity contribution >= 4 is 9.84 Å². The second-order valence-corrected chi connectivity index (χ2v) is 5.96. The Bertz CT molecular complexity index is 235.